The Labute approximate surface area is 238 Å². The first-order valence-corrected chi connectivity index (χ1v) is 13.6. The van der Waals surface area contributed by atoms with E-state index in [4.69, 9.17) is 19.2 Å². The number of esters is 1. The molecule has 0 radical (unpaired) electrons. The van der Waals surface area contributed by atoms with Gasteiger partial charge in [0.25, 0.3) is 0 Å². The van der Waals surface area contributed by atoms with E-state index in [0.29, 0.717) is 5.56 Å². The standard InChI is InChI=1S/C34H30N4O3/c1-21(2)40-34(39)26-15-13-24(14-16-26)28-20-38(33(25-10-6-5-7-11-25)29-12-8-9-17-35-29)30-18-27(19-36-32(28)30)31-22(3)37-41-23(31)4/h5-21,33H,1-4H3. The highest BCUT2D eigenvalue weighted by Gasteiger charge is 2.24. The van der Waals surface area contributed by atoms with Gasteiger partial charge in [0.05, 0.1) is 34.1 Å². The summed E-state index contributed by atoms with van der Waals surface area (Å²) in [7, 11) is 0. The normalized spacial score (nSPS) is 12.1. The number of carbonyl (C=O) groups is 1. The zero-order valence-electron chi connectivity index (χ0n) is 23.4. The van der Waals surface area contributed by atoms with Gasteiger partial charge in [0.1, 0.15) is 11.8 Å². The summed E-state index contributed by atoms with van der Waals surface area (Å²) in [5.74, 6) is 0.408. The van der Waals surface area contributed by atoms with Gasteiger partial charge in [0.15, 0.2) is 0 Å². The number of nitrogens with zero attached hydrogens (tertiary/aromatic N) is 4. The van der Waals surface area contributed by atoms with E-state index >= 15 is 0 Å². The van der Waals surface area contributed by atoms with Gasteiger partial charge >= 0.3 is 5.97 Å². The molecule has 0 saturated carbocycles. The zero-order valence-corrected chi connectivity index (χ0v) is 23.4. The van der Waals surface area contributed by atoms with Crippen LogP contribution in [-0.2, 0) is 4.74 Å². The molecule has 0 aliphatic carbocycles. The van der Waals surface area contributed by atoms with E-state index in [9.17, 15) is 4.79 Å². The summed E-state index contributed by atoms with van der Waals surface area (Å²) < 4.78 is 13.1. The second kappa shape index (κ2) is 10.8. The highest BCUT2D eigenvalue weighted by atomic mass is 16.5. The lowest BCUT2D eigenvalue weighted by Gasteiger charge is -2.20. The minimum atomic E-state index is -0.338. The average Bonchev–Trinajstić information content (AvgIpc) is 3.52. The van der Waals surface area contributed by atoms with Crippen LogP contribution in [-0.4, -0.2) is 31.8 Å². The van der Waals surface area contributed by atoms with Gasteiger partial charge in [-0.2, -0.15) is 0 Å². The molecule has 6 aromatic rings. The second-order valence-corrected chi connectivity index (χ2v) is 10.3. The van der Waals surface area contributed by atoms with Crippen LogP contribution >= 0.6 is 0 Å². The molecule has 4 aromatic heterocycles. The molecule has 0 spiro atoms. The molecule has 0 aliphatic heterocycles. The monoisotopic (exact) mass is 542 g/mol. The van der Waals surface area contributed by atoms with Gasteiger partial charge in [-0.25, -0.2) is 4.79 Å². The molecule has 204 valence electrons. The Bertz CT molecular complexity index is 1760. The van der Waals surface area contributed by atoms with Gasteiger partial charge in [0, 0.05) is 35.3 Å². The predicted molar refractivity (Wildman–Crippen MR) is 159 cm³/mol. The van der Waals surface area contributed by atoms with Crippen molar-refractivity contribution in [2.45, 2.75) is 39.8 Å². The average molecular weight is 543 g/mol. The number of aryl methyl sites for hydroxylation is 2. The third-order valence-electron chi connectivity index (χ3n) is 7.13. The molecule has 0 aliphatic rings. The van der Waals surface area contributed by atoms with Gasteiger partial charge in [-0.3, -0.25) is 9.97 Å². The summed E-state index contributed by atoms with van der Waals surface area (Å²) in [6, 6.07) is 25.7. The van der Waals surface area contributed by atoms with E-state index in [0.717, 1.165) is 56.0 Å². The third kappa shape index (κ3) is 5.02. The summed E-state index contributed by atoms with van der Waals surface area (Å²) in [4.78, 5) is 22.2. The topological polar surface area (TPSA) is 83.0 Å². The molecule has 1 atom stereocenters. The zero-order chi connectivity index (χ0) is 28.5. The SMILES string of the molecule is Cc1noc(C)c1-c1cnc2c(-c3ccc(C(=O)OC(C)C)cc3)cn(C(c3ccccc3)c3ccccn3)c2c1. The molecule has 1 unspecified atom stereocenters. The van der Waals surface area contributed by atoms with Crippen LogP contribution in [0.3, 0.4) is 0 Å². The van der Waals surface area contributed by atoms with Crippen molar-refractivity contribution >= 4 is 17.0 Å². The van der Waals surface area contributed by atoms with E-state index in [1.165, 1.54) is 0 Å². The van der Waals surface area contributed by atoms with Crippen LogP contribution in [0.15, 0.2) is 102 Å². The summed E-state index contributed by atoms with van der Waals surface area (Å²) in [5.41, 5.74) is 8.89. The number of carbonyl (C=O) groups excluding carboxylic acids is 1. The minimum absolute atomic E-state index is 0.183. The fourth-order valence-electron chi connectivity index (χ4n) is 5.30. The van der Waals surface area contributed by atoms with Crippen molar-refractivity contribution < 1.29 is 14.1 Å². The number of benzene rings is 2. The van der Waals surface area contributed by atoms with Crippen LogP contribution in [0.2, 0.25) is 0 Å². The number of hydrogen-bond donors (Lipinski definition) is 0. The number of ether oxygens (including phenoxy) is 1. The van der Waals surface area contributed by atoms with Crippen molar-refractivity contribution in [3.63, 3.8) is 0 Å². The summed E-state index contributed by atoms with van der Waals surface area (Å²) in [6.45, 7) is 7.53. The Morgan fingerprint density at radius 3 is 2.32 bits per heavy atom. The van der Waals surface area contributed by atoms with Crippen LogP contribution in [0.5, 0.6) is 0 Å². The van der Waals surface area contributed by atoms with Crippen molar-refractivity contribution in [3.8, 4) is 22.3 Å². The van der Waals surface area contributed by atoms with Crippen LogP contribution in [0.4, 0.5) is 0 Å². The van der Waals surface area contributed by atoms with E-state index in [-0.39, 0.29) is 18.1 Å². The fraction of sp³-hybridized carbons (Fsp3) is 0.176. The van der Waals surface area contributed by atoms with Gasteiger partial charge in [-0.05, 0) is 69.2 Å². The first-order chi connectivity index (χ1) is 19.9. The first kappa shape index (κ1) is 26.2. The second-order valence-electron chi connectivity index (χ2n) is 10.3. The summed E-state index contributed by atoms with van der Waals surface area (Å²) >= 11 is 0. The maximum absolute atomic E-state index is 12.5. The van der Waals surface area contributed by atoms with Crippen LogP contribution in [0, 0.1) is 13.8 Å². The first-order valence-electron chi connectivity index (χ1n) is 13.6. The van der Waals surface area contributed by atoms with Crippen molar-refractivity contribution in [1.82, 2.24) is 19.7 Å². The van der Waals surface area contributed by atoms with Crippen molar-refractivity contribution in [2.75, 3.05) is 0 Å². The van der Waals surface area contributed by atoms with Crippen LogP contribution in [0.1, 0.15) is 53.0 Å². The molecular weight excluding hydrogens is 512 g/mol. The lowest BCUT2D eigenvalue weighted by molar-refractivity contribution is 0.0378. The number of hydrogen-bond acceptors (Lipinski definition) is 6. The lowest BCUT2D eigenvalue weighted by Crippen LogP contribution is -2.13. The molecule has 0 fully saturated rings. The van der Waals surface area contributed by atoms with Gasteiger partial charge in [-0.1, -0.05) is 53.7 Å². The Hall–Kier alpha value is -5.04. The van der Waals surface area contributed by atoms with Gasteiger partial charge in [-0.15, -0.1) is 0 Å². The van der Waals surface area contributed by atoms with Gasteiger partial charge in [0.2, 0.25) is 0 Å². The molecule has 6 rings (SSSR count). The molecule has 7 heteroatoms. The van der Waals surface area contributed by atoms with Crippen molar-refractivity contribution in [2.24, 2.45) is 0 Å². The highest BCUT2D eigenvalue weighted by Crippen LogP contribution is 2.38. The van der Waals surface area contributed by atoms with E-state index in [1.807, 2.05) is 88.6 Å². The smallest absolute Gasteiger partial charge is 0.338 e. The minimum Gasteiger partial charge on any atom is -0.459 e. The van der Waals surface area contributed by atoms with Crippen LogP contribution in [0.25, 0.3) is 33.3 Å². The van der Waals surface area contributed by atoms with E-state index in [2.05, 4.69) is 34.1 Å². The number of rotatable bonds is 7. The largest absolute Gasteiger partial charge is 0.459 e. The van der Waals surface area contributed by atoms with E-state index < -0.39 is 0 Å². The third-order valence-corrected chi connectivity index (χ3v) is 7.13. The number of fused-ring (bicyclic) bond motifs is 1. The Morgan fingerprint density at radius 1 is 0.902 bits per heavy atom. The predicted octanol–water partition coefficient (Wildman–Crippen LogP) is 7.57. The Kier molecular flexibility index (Phi) is 6.93. The number of pyridine rings is 2. The summed E-state index contributed by atoms with van der Waals surface area (Å²) in [5, 5.41) is 4.16. The van der Waals surface area contributed by atoms with Crippen molar-refractivity contribution in [1.29, 1.82) is 0 Å². The Morgan fingerprint density at radius 2 is 1.66 bits per heavy atom. The molecule has 0 amide bonds. The Balaban J connectivity index is 1.57. The lowest BCUT2D eigenvalue weighted by atomic mass is 10.0. The molecule has 41 heavy (non-hydrogen) atoms. The molecule has 0 N–H and O–H groups in total. The molecule has 4 heterocycles. The molecule has 0 saturated heterocycles. The van der Waals surface area contributed by atoms with Crippen LogP contribution < -0.4 is 0 Å². The number of aromatic nitrogens is 4. The molecular formula is C34H30N4O3. The summed E-state index contributed by atoms with van der Waals surface area (Å²) in [6.07, 6.45) is 5.64. The highest BCUT2D eigenvalue weighted by molar-refractivity contribution is 5.96. The maximum atomic E-state index is 12.5. The van der Waals surface area contributed by atoms with E-state index in [1.54, 1.807) is 12.1 Å². The molecule has 2 aromatic carbocycles. The van der Waals surface area contributed by atoms with Crippen molar-refractivity contribution in [3.05, 3.63) is 126 Å². The fourth-order valence-corrected chi connectivity index (χ4v) is 5.30. The molecule has 0 bridgehead atoms. The van der Waals surface area contributed by atoms with Gasteiger partial charge < -0.3 is 13.8 Å². The molecule has 7 nitrogen and oxygen atoms in total. The quantitative estimate of drug-likeness (QED) is 0.194. The maximum Gasteiger partial charge on any atom is 0.338 e.